The summed E-state index contributed by atoms with van der Waals surface area (Å²) >= 11 is 1.56. The van der Waals surface area contributed by atoms with Crippen molar-refractivity contribution < 1.29 is 19.1 Å². The lowest BCUT2D eigenvalue weighted by Crippen LogP contribution is -2.44. The Bertz CT molecular complexity index is 781. The first-order valence-corrected chi connectivity index (χ1v) is 9.00. The molecule has 0 spiro atoms. The molecule has 1 atom stereocenters. The number of para-hydroxylation sites is 2. The maximum Gasteiger partial charge on any atom is 0.313 e. The van der Waals surface area contributed by atoms with Crippen LogP contribution in [0.2, 0.25) is 0 Å². The van der Waals surface area contributed by atoms with Gasteiger partial charge in [0, 0.05) is 10.6 Å². The van der Waals surface area contributed by atoms with Crippen LogP contribution in [0.25, 0.3) is 0 Å². The smallest absolute Gasteiger partial charge is 0.313 e. The molecule has 1 unspecified atom stereocenters. The van der Waals surface area contributed by atoms with Crippen LogP contribution in [0.4, 0.5) is 5.69 Å². The van der Waals surface area contributed by atoms with Crippen LogP contribution < -0.4 is 20.1 Å². The SMILES string of the molecule is CSc1cccc(NC(=O)C(=O)NCC2COc3ccccc3O2)c1. The molecule has 0 aliphatic carbocycles. The number of fused-ring (bicyclic) bond motifs is 1. The summed E-state index contributed by atoms with van der Waals surface area (Å²) in [5.74, 6) is -0.116. The van der Waals surface area contributed by atoms with E-state index < -0.39 is 11.8 Å². The van der Waals surface area contributed by atoms with Crippen LogP contribution in [0.3, 0.4) is 0 Å². The normalized spacial score (nSPS) is 15.3. The van der Waals surface area contributed by atoms with Crippen LogP contribution in [-0.2, 0) is 9.59 Å². The largest absolute Gasteiger partial charge is 0.486 e. The second kappa shape index (κ2) is 7.94. The molecule has 2 aromatic carbocycles. The fourth-order valence-corrected chi connectivity index (χ4v) is 2.80. The first kappa shape index (κ1) is 17.2. The zero-order valence-electron chi connectivity index (χ0n) is 13.7. The van der Waals surface area contributed by atoms with Gasteiger partial charge in [-0.3, -0.25) is 9.59 Å². The highest BCUT2D eigenvalue weighted by Crippen LogP contribution is 2.30. The molecule has 0 aromatic heterocycles. The Morgan fingerprint density at radius 3 is 2.72 bits per heavy atom. The van der Waals surface area contributed by atoms with Gasteiger partial charge in [0.05, 0.1) is 6.54 Å². The van der Waals surface area contributed by atoms with Gasteiger partial charge in [-0.25, -0.2) is 0 Å². The highest BCUT2D eigenvalue weighted by molar-refractivity contribution is 7.98. The predicted octanol–water partition coefficient (Wildman–Crippen LogP) is 2.30. The topological polar surface area (TPSA) is 76.7 Å². The van der Waals surface area contributed by atoms with E-state index in [1.54, 1.807) is 23.9 Å². The molecule has 25 heavy (non-hydrogen) atoms. The van der Waals surface area contributed by atoms with E-state index in [4.69, 9.17) is 9.47 Å². The zero-order valence-corrected chi connectivity index (χ0v) is 14.5. The van der Waals surface area contributed by atoms with E-state index in [2.05, 4.69) is 10.6 Å². The molecule has 2 N–H and O–H groups in total. The van der Waals surface area contributed by atoms with Gasteiger partial charge in [-0.15, -0.1) is 11.8 Å². The molecule has 0 fully saturated rings. The summed E-state index contributed by atoms with van der Waals surface area (Å²) in [6.45, 7) is 0.500. The van der Waals surface area contributed by atoms with Crippen molar-refractivity contribution in [3.05, 3.63) is 48.5 Å². The van der Waals surface area contributed by atoms with E-state index in [9.17, 15) is 9.59 Å². The Labute approximate surface area is 149 Å². The third-order valence-corrected chi connectivity index (χ3v) is 4.32. The monoisotopic (exact) mass is 358 g/mol. The summed E-state index contributed by atoms with van der Waals surface area (Å²) in [5, 5.41) is 5.15. The molecule has 2 amide bonds. The molecule has 2 aromatic rings. The second-order valence-electron chi connectivity index (χ2n) is 5.39. The van der Waals surface area contributed by atoms with Crippen LogP contribution in [0.5, 0.6) is 11.5 Å². The fourth-order valence-electron chi connectivity index (χ4n) is 2.34. The molecule has 0 bridgehead atoms. The Hall–Kier alpha value is -2.67. The van der Waals surface area contributed by atoms with Gasteiger partial charge in [-0.05, 0) is 36.6 Å². The van der Waals surface area contributed by atoms with E-state index in [1.807, 2.05) is 42.7 Å². The zero-order chi connectivity index (χ0) is 17.6. The molecular weight excluding hydrogens is 340 g/mol. The number of benzene rings is 2. The minimum absolute atomic E-state index is 0.186. The standard InChI is InChI=1S/C18H18N2O4S/c1-25-14-6-4-5-12(9-14)20-18(22)17(21)19-10-13-11-23-15-7-2-3-8-16(15)24-13/h2-9,13H,10-11H2,1H3,(H,19,21)(H,20,22). The summed E-state index contributed by atoms with van der Waals surface area (Å²) in [6.07, 6.45) is 1.60. The Balaban J connectivity index is 1.50. The number of anilines is 1. The number of carbonyl (C=O) groups is 2. The van der Waals surface area contributed by atoms with E-state index in [0.29, 0.717) is 23.8 Å². The first-order valence-electron chi connectivity index (χ1n) is 7.77. The molecule has 130 valence electrons. The van der Waals surface area contributed by atoms with E-state index >= 15 is 0 Å². The van der Waals surface area contributed by atoms with E-state index in [0.717, 1.165) is 4.90 Å². The van der Waals surface area contributed by atoms with Gasteiger partial charge in [0.25, 0.3) is 0 Å². The van der Waals surface area contributed by atoms with Crippen LogP contribution >= 0.6 is 11.8 Å². The van der Waals surface area contributed by atoms with Gasteiger partial charge >= 0.3 is 11.8 Å². The fraction of sp³-hybridized carbons (Fsp3) is 0.222. The minimum atomic E-state index is -0.713. The molecular formula is C18H18N2O4S. The summed E-state index contributed by atoms with van der Waals surface area (Å²) < 4.78 is 11.3. The van der Waals surface area contributed by atoms with E-state index in [-0.39, 0.29) is 12.6 Å². The van der Waals surface area contributed by atoms with Crippen LogP contribution in [-0.4, -0.2) is 37.3 Å². The molecule has 7 heteroatoms. The number of thioether (sulfide) groups is 1. The van der Waals surface area contributed by atoms with Crippen molar-refractivity contribution in [3.63, 3.8) is 0 Å². The van der Waals surface area contributed by atoms with E-state index in [1.165, 1.54) is 0 Å². The van der Waals surface area contributed by atoms with Crippen molar-refractivity contribution in [2.75, 3.05) is 24.7 Å². The van der Waals surface area contributed by atoms with Gasteiger partial charge in [0.2, 0.25) is 0 Å². The Morgan fingerprint density at radius 1 is 1.12 bits per heavy atom. The quantitative estimate of drug-likeness (QED) is 0.648. The third kappa shape index (κ3) is 4.45. The summed E-state index contributed by atoms with van der Waals surface area (Å²) in [7, 11) is 0. The summed E-state index contributed by atoms with van der Waals surface area (Å²) in [4.78, 5) is 25.0. The number of ether oxygens (including phenoxy) is 2. The van der Waals surface area contributed by atoms with Crippen molar-refractivity contribution in [2.24, 2.45) is 0 Å². The number of carbonyl (C=O) groups excluding carboxylic acids is 2. The maximum absolute atomic E-state index is 12.0. The molecule has 3 rings (SSSR count). The lowest BCUT2D eigenvalue weighted by molar-refractivity contribution is -0.136. The van der Waals surface area contributed by atoms with Gasteiger partial charge in [0.15, 0.2) is 11.5 Å². The lowest BCUT2D eigenvalue weighted by atomic mass is 10.2. The average molecular weight is 358 g/mol. The molecule has 0 radical (unpaired) electrons. The Morgan fingerprint density at radius 2 is 1.92 bits per heavy atom. The highest BCUT2D eigenvalue weighted by atomic mass is 32.2. The number of hydrogen-bond acceptors (Lipinski definition) is 5. The molecule has 0 saturated carbocycles. The lowest BCUT2D eigenvalue weighted by Gasteiger charge is -2.26. The molecule has 1 heterocycles. The van der Waals surface area contributed by atoms with Gasteiger partial charge in [0.1, 0.15) is 12.7 Å². The van der Waals surface area contributed by atoms with Gasteiger partial charge in [-0.1, -0.05) is 18.2 Å². The van der Waals surface area contributed by atoms with Crippen LogP contribution in [0.1, 0.15) is 0 Å². The highest BCUT2D eigenvalue weighted by Gasteiger charge is 2.22. The van der Waals surface area contributed by atoms with Gasteiger partial charge < -0.3 is 20.1 Å². The molecule has 1 aliphatic rings. The maximum atomic E-state index is 12.0. The number of amides is 2. The van der Waals surface area contributed by atoms with Crippen LogP contribution in [0, 0.1) is 0 Å². The van der Waals surface area contributed by atoms with Crippen molar-refractivity contribution in [3.8, 4) is 11.5 Å². The van der Waals surface area contributed by atoms with Gasteiger partial charge in [-0.2, -0.15) is 0 Å². The molecule has 1 aliphatic heterocycles. The Kier molecular flexibility index (Phi) is 5.45. The molecule has 0 saturated heterocycles. The van der Waals surface area contributed by atoms with Crippen molar-refractivity contribution in [1.29, 1.82) is 0 Å². The average Bonchev–Trinajstić information content (AvgIpc) is 2.66. The number of nitrogens with one attached hydrogen (secondary N) is 2. The van der Waals surface area contributed by atoms with Crippen molar-refractivity contribution in [1.82, 2.24) is 5.32 Å². The third-order valence-electron chi connectivity index (χ3n) is 3.59. The predicted molar refractivity (Wildman–Crippen MR) is 96.2 cm³/mol. The van der Waals surface area contributed by atoms with Crippen molar-refractivity contribution in [2.45, 2.75) is 11.0 Å². The number of rotatable bonds is 4. The summed E-state index contributed by atoms with van der Waals surface area (Å²) in [6, 6.07) is 14.6. The summed E-state index contributed by atoms with van der Waals surface area (Å²) in [5.41, 5.74) is 0.582. The number of hydrogen-bond donors (Lipinski definition) is 2. The van der Waals surface area contributed by atoms with Crippen molar-refractivity contribution >= 4 is 29.3 Å². The van der Waals surface area contributed by atoms with Crippen LogP contribution in [0.15, 0.2) is 53.4 Å². The minimum Gasteiger partial charge on any atom is -0.486 e. The first-order chi connectivity index (χ1) is 12.2. The second-order valence-corrected chi connectivity index (χ2v) is 6.27. The molecule has 6 nitrogen and oxygen atoms in total.